The molecule has 2 saturated heterocycles. The normalized spacial score (nSPS) is 30.5. The molecule has 4 nitrogen and oxygen atoms in total. The van der Waals surface area contributed by atoms with Crippen LogP contribution >= 0.6 is 0 Å². The van der Waals surface area contributed by atoms with Crippen molar-refractivity contribution >= 4 is 6.09 Å². The van der Waals surface area contributed by atoms with Crippen molar-refractivity contribution in [3.8, 4) is 0 Å². The maximum absolute atomic E-state index is 11.8. The summed E-state index contributed by atoms with van der Waals surface area (Å²) < 4.78 is 5.35. The average molecular weight is 212 g/mol. The van der Waals surface area contributed by atoms with E-state index < -0.39 is 0 Å². The summed E-state index contributed by atoms with van der Waals surface area (Å²) >= 11 is 0. The lowest BCUT2D eigenvalue weighted by Crippen LogP contribution is -2.36. The third-order valence-corrected chi connectivity index (χ3v) is 3.04. The molecular formula is C11H20N2O2. The topological polar surface area (TPSA) is 41.6 Å². The second kappa shape index (κ2) is 3.67. The minimum Gasteiger partial charge on any atom is -0.444 e. The zero-order chi connectivity index (χ0) is 11.1. The molecule has 4 heteroatoms. The number of ether oxygens (including phenoxy) is 1. The predicted molar refractivity (Wildman–Crippen MR) is 57.7 cm³/mol. The van der Waals surface area contributed by atoms with E-state index in [9.17, 15) is 4.79 Å². The highest BCUT2D eigenvalue weighted by Gasteiger charge is 2.39. The van der Waals surface area contributed by atoms with Crippen LogP contribution < -0.4 is 5.32 Å². The molecule has 0 aromatic carbocycles. The summed E-state index contributed by atoms with van der Waals surface area (Å²) in [5.41, 5.74) is -0.382. The van der Waals surface area contributed by atoms with Crippen molar-refractivity contribution in [1.29, 1.82) is 0 Å². The number of nitrogens with zero attached hydrogens (tertiary/aromatic N) is 1. The van der Waals surface area contributed by atoms with Gasteiger partial charge < -0.3 is 15.0 Å². The second-order valence-corrected chi connectivity index (χ2v) is 5.56. The molecule has 0 aliphatic carbocycles. The van der Waals surface area contributed by atoms with E-state index in [1.807, 2.05) is 25.7 Å². The van der Waals surface area contributed by atoms with Gasteiger partial charge in [-0.1, -0.05) is 0 Å². The molecule has 0 bridgehead atoms. The van der Waals surface area contributed by atoms with Crippen LogP contribution in [0.3, 0.4) is 0 Å². The fraction of sp³-hybridized carbons (Fsp3) is 0.909. The Morgan fingerprint density at radius 2 is 1.80 bits per heavy atom. The SMILES string of the molecule is CC(C)(C)OC(=O)N1CC2CNC[C@H]2C1. The molecule has 15 heavy (non-hydrogen) atoms. The number of fused-ring (bicyclic) bond motifs is 1. The second-order valence-electron chi connectivity index (χ2n) is 5.56. The standard InChI is InChI=1S/C11H20N2O2/c1-11(2,3)15-10(14)13-6-8-4-12-5-9(8)7-13/h8-9,12H,4-7H2,1-3H3/t8-,9?/m0/s1. The Labute approximate surface area is 91.0 Å². The smallest absolute Gasteiger partial charge is 0.410 e. The summed E-state index contributed by atoms with van der Waals surface area (Å²) in [7, 11) is 0. The van der Waals surface area contributed by atoms with Crippen LogP contribution in [0.1, 0.15) is 20.8 Å². The first-order valence-electron chi connectivity index (χ1n) is 5.64. The zero-order valence-electron chi connectivity index (χ0n) is 9.75. The predicted octanol–water partition coefficient (Wildman–Crippen LogP) is 1.07. The highest BCUT2D eigenvalue weighted by atomic mass is 16.6. The van der Waals surface area contributed by atoms with E-state index in [2.05, 4.69) is 5.32 Å². The summed E-state index contributed by atoms with van der Waals surface area (Å²) in [5, 5.41) is 3.35. The molecule has 2 atom stereocenters. The summed E-state index contributed by atoms with van der Waals surface area (Å²) in [6, 6.07) is 0. The van der Waals surface area contributed by atoms with Crippen molar-refractivity contribution in [2.75, 3.05) is 26.2 Å². The first-order chi connectivity index (χ1) is 6.96. The van der Waals surface area contributed by atoms with Crippen LogP contribution in [-0.4, -0.2) is 42.8 Å². The van der Waals surface area contributed by atoms with E-state index in [1.165, 1.54) is 0 Å². The third-order valence-electron chi connectivity index (χ3n) is 3.04. The number of amides is 1. The Hall–Kier alpha value is -0.770. The van der Waals surface area contributed by atoms with Crippen molar-refractivity contribution < 1.29 is 9.53 Å². The molecule has 0 spiro atoms. The van der Waals surface area contributed by atoms with E-state index in [0.717, 1.165) is 26.2 Å². The first-order valence-corrected chi connectivity index (χ1v) is 5.64. The quantitative estimate of drug-likeness (QED) is 0.653. The minimum absolute atomic E-state index is 0.156. The van der Waals surface area contributed by atoms with Crippen LogP contribution in [0.4, 0.5) is 4.79 Å². The lowest BCUT2D eigenvalue weighted by molar-refractivity contribution is 0.0281. The van der Waals surface area contributed by atoms with Crippen molar-refractivity contribution in [1.82, 2.24) is 10.2 Å². The van der Waals surface area contributed by atoms with Gasteiger partial charge in [-0.15, -0.1) is 0 Å². The monoisotopic (exact) mass is 212 g/mol. The van der Waals surface area contributed by atoms with Gasteiger partial charge in [-0.25, -0.2) is 4.79 Å². The Kier molecular flexibility index (Phi) is 2.63. The van der Waals surface area contributed by atoms with Crippen LogP contribution in [0.5, 0.6) is 0 Å². The number of hydrogen-bond donors (Lipinski definition) is 1. The lowest BCUT2D eigenvalue weighted by Gasteiger charge is -2.24. The van der Waals surface area contributed by atoms with Gasteiger partial charge in [0, 0.05) is 26.2 Å². The van der Waals surface area contributed by atoms with E-state index >= 15 is 0 Å². The molecule has 1 amide bonds. The summed E-state index contributed by atoms with van der Waals surface area (Å²) in [5.74, 6) is 1.27. The Morgan fingerprint density at radius 1 is 1.27 bits per heavy atom. The number of rotatable bonds is 0. The zero-order valence-corrected chi connectivity index (χ0v) is 9.75. The van der Waals surface area contributed by atoms with E-state index in [0.29, 0.717) is 11.8 Å². The molecule has 2 fully saturated rings. The number of carbonyl (C=O) groups is 1. The number of likely N-dealkylation sites (tertiary alicyclic amines) is 1. The molecule has 2 heterocycles. The molecular weight excluding hydrogens is 192 g/mol. The van der Waals surface area contributed by atoms with Gasteiger partial charge in [0.25, 0.3) is 0 Å². The molecule has 2 aliphatic rings. The number of nitrogens with one attached hydrogen (secondary N) is 1. The van der Waals surface area contributed by atoms with Crippen molar-refractivity contribution in [2.45, 2.75) is 26.4 Å². The molecule has 2 rings (SSSR count). The Morgan fingerprint density at radius 3 is 2.27 bits per heavy atom. The van der Waals surface area contributed by atoms with Crippen LogP contribution in [0.25, 0.3) is 0 Å². The molecule has 0 aromatic rings. The molecule has 0 radical (unpaired) electrons. The van der Waals surface area contributed by atoms with Crippen molar-refractivity contribution in [3.05, 3.63) is 0 Å². The van der Waals surface area contributed by atoms with Crippen LogP contribution in [0.15, 0.2) is 0 Å². The lowest BCUT2D eigenvalue weighted by atomic mass is 10.0. The fourth-order valence-electron chi connectivity index (χ4n) is 2.33. The van der Waals surface area contributed by atoms with E-state index in [1.54, 1.807) is 0 Å². The maximum Gasteiger partial charge on any atom is 0.410 e. The molecule has 2 aliphatic heterocycles. The maximum atomic E-state index is 11.8. The van der Waals surface area contributed by atoms with Crippen LogP contribution in [0, 0.1) is 11.8 Å². The first kappa shape index (κ1) is 10.7. The highest BCUT2D eigenvalue weighted by molar-refractivity contribution is 5.68. The summed E-state index contributed by atoms with van der Waals surface area (Å²) in [4.78, 5) is 13.6. The average Bonchev–Trinajstić information content (AvgIpc) is 2.56. The van der Waals surface area contributed by atoms with E-state index in [4.69, 9.17) is 4.74 Å². The van der Waals surface area contributed by atoms with Gasteiger partial charge >= 0.3 is 6.09 Å². The molecule has 1 unspecified atom stereocenters. The number of hydrogen-bond acceptors (Lipinski definition) is 3. The van der Waals surface area contributed by atoms with Gasteiger partial charge in [-0.3, -0.25) is 0 Å². The van der Waals surface area contributed by atoms with Gasteiger partial charge in [0.15, 0.2) is 0 Å². The van der Waals surface area contributed by atoms with Gasteiger partial charge in [0.1, 0.15) is 5.60 Å². The number of carbonyl (C=O) groups excluding carboxylic acids is 1. The van der Waals surface area contributed by atoms with Gasteiger partial charge in [-0.2, -0.15) is 0 Å². The van der Waals surface area contributed by atoms with Gasteiger partial charge in [0.05, 0.1) is 0 Å². The molecule has 0 aromatic heterocycles. The van der Waals surface area contributed by atoms with Crippen LogP contribution in [-0.2, 0) is 4.74 Å². The van der Waals surface area contributed by atoms with E-state index in [-0.39, 0.29) is 11.7 Å². The largest absolute Gasteiger partial charge is 0.444 e. The summed E-state index contributed by atoms with van der Waals surface area (Å²) in [6.45, 7) is 9.52. The molecule has 0 saturated carbocycles. The molecule has 1 N–H and O–H groups in total. The Balaban J connectivity index is 1.88. The molecule has 86 valence electrons. The van der Waals surface area contributed by atoms with Crippen molar-refractivity contribution in [2.24, 2.45) is 11.8 Å². The minimum atomic E-state index is -0.382. The Bertz CT molecular complexity index is 248. The van der Waals surface area contributed by atoms with Gasteiger partial charge in [0.2, 0.25) is 0 Å². The van der Waals surface area contributed by atoms with Crippen molar-refractivity contribution in [3.63, 3.8) is 0 Å². The summed E-state index contributed by atoms with van der Waals surface area (Å²) in [6.07, 6.45) is -0.156. The third kappa shape index (κ3) is 2.43. The fourth-order valence-corrected chi connectivity index (χ4v) is 2.33. The highest BCUT2D eigenvalue weighted by Crippen LogP contribution is 2.27. The van der Waals surface area contributed by atoms with Gasteiger partial charge in [-0.05, 0) is 32.6 Å². The van der Waals surface area contributed by atoms with Crippen LogP contribution in [0.2, 0.25) is 0 Å².